The molecule has 0 heterocycles. The van der Waals surface area contributed by atoms with Crippen LogP contribution < -0.4 is 10.6 Å². The third-order valence-electron chi connectivity index (χ3n) is 2.14. The highest BCUT2D eigenvalue weighted by atomic mass is 16.6. The van der Waals surface area contributed by atoms with Crippen LogP contribution in [0.2, 0.25) is 0 Å². The van der Waals surface area contributed by atoms with Gasteiger partial charge in [0.1, 0.15) is 5.60 Å². The van der Waals surface area contributed by atoms with Gasteiger partial charge in [-0.2, -0.15) is 0 Å². The van der Waals surface area contributed by atoms with Gasteiger partial charge < -0.3 is 15.4 Å². The van der Waals surface area contributed by atoms with Gasteiger partial charge in [0.2, 0.25) is 0 Å². The van der Waals surface area contributed by atoms with Crippen LogP contribution in [0, 0.1) is 0 Å². The molecule has 0 unspecified atom stereocenters. The Balaban J connectivity index is 2.07. The van der Waals surface area contributed by atoms with Crippen molar-refractivity contribution in [1.29, 1.82) is 0 Å². The van der Waals surface area contributed by atoms with Crippen LogP contribution in [0.1, 0.15) is 26.3 Å². The summed E-state index contributed by atoms with van der Waals surface area (Å²) in [5.41, 5.74) is 0.788. The summed E-state index contributed by atoms with van der Waals surface area (Å²) in [7, 11) is 0. The van der Waals surface area contributed by atoms with E-state index in [4.69, 9.17) is 4.74 Å². The highest BCUT2D eigenvalue weighted by Crippen LogP contribution is 2.05. The minimum absolute atomic E-state index is 0.371. The van der Waals surface area contributed by atoms with Crippen molar-refractivity contribution in [2.24, 2.45) is 0 Å². The van der Waals surface area contributed by atoms with E-state index in [1.54, 1.807) is 0 Å². The molecule has 100 valence electrons. The molecule has 0 aromatic heterocycles. The number of alkyl carbamates (subject to hydrolysis) is 1. The summed E-state index contributed by atoms with van der Waals surface area (Å²) in [6.45, 7) is 7.62. The van der Waals surface area contributed by atoms with Crippen LogP contribution in [0.5, 0.6) is 0 Å². The second kappa shape index (κ2) is 7.01. The second-order valence-corrected chi connectivity index (χ2v) is 5.09. The Bertz CT molecular complexity index is 358. The van der Waals surface area contributed by atoms with Crippen LogP contribution in [0.25, 0.3) is 0 Å². The van der Waals surface area contributed by atoms with Crippen LogP contribution >= 0.6 is 0 Å². The molecule has 0 aliphatic rings. The number of carbonyl (C=O) groups excluding carboxylic acids is 1. The van der Waals surface area contributed by atoms with Crippen LogP contribution in [-0.4, -0.2) is 24.8 Å². The van der Waals surface area contributed by atoms with Gasteiger partial charge in [0.15, 0.2) is 0 Å². The van der Waals surface area contributed by atoms with E-state index >= 15 is 0 Å². The first-order valence-electron chi connectivity index (χ1n) is 6.19. The number of carbonyl (C=O) groups is 1. The van der Waals surface area contributed by atoms with Gasteiger partial charge in [-0.05, 0) is 26.3 Å². The maximum atomic E-state index is 11.3. The molecule has 0 aliphatic carbocycles. The number of ether oxygens (including phenoxy) is 1. The molecule has 0 aliphatic heterocycles. The fraction of sp³-hybridized carbons (Fsp3) is 0.500. The lowest BCUT2D eigenvalue weighted by molar-refractivity contribution is 0.0528. The number of amides is 1. The van der Waals surface area contributed by atoms with Crippen molar-refractivity contribution >= 4 is 6.09 Å². The van der Waals surface area contributed by atoms with Gasteiger partial charge in [0, 0.05) is 19.6 Å². The Morgan fingerprint density at radius 2 is 1.83 bits per heavy atom. The quantitative estimate of drug-likeness (QED) is 0.788. The van der Waals surface area contributed by atoms with Gasteiger partial charge in [0.05, 0.1) is 0 Å². The van der Waals surface area contributed by atoms with Crippen molar-refractivity contribution in [3.05, 3.63) is 35.9 Å². The lowest BCUT2D eigenvalue weighted by Gasteiger charge is -2.19. The molecule has 0 bridgehead atoms. The molecule has 0 radical (unpaired) electrons. The van der Waals surface area contributed by atoms with Gasteiger partial charge in [-0.1, -0.05) is 30.3 Å². The lowest BCUT2D eigenvalue weighted by Crippen LogP contribution is -2.36. The molecule has 0 spiro atoms. The number of rotatable bonds is 5. The molecule has 0 saturated heterocycles. The molecular formula is C14H22N2O2. The van der Waals surface area contributed by atoms with Crippen LogP contribution in [-0.2, 0) is 11.3 Å². The van der Waals surface area contributed by atoms with Crippen LogP contribution in [0.3, 0.4) is 0 Å². The van der Waals surface area contributed by atoms with Gasteiger partial charge >= 0.3 is 6.09 Å². The summed E-state index contributed by atoms with van der Waals surface area (Å²) in [6.07, 6.45) is -0.371. The van der Waals surface area contributed by atoms with Crippen molar-refractivity contribution in [3.8, 4) is 0 Å². The Morgan fingerprint density at radius 3 is 2.44 bits per heavy atom. The highest BCUT2D eigenvalue weighted by molar-refractivity contribution is 5.67. The van der Waals surface area contributed by atoms with Crippen molar-refractivity contribution in [2.45, 2.75) is 32.9 Å². The first-order chi connectivity index (χ1) is 8.47. The van der Waals surface area contributed by atoms with Gasteiger partial charge in [-0.25, -0.2) is 4.79 Å². The largest absolute Gasteiger partial charge is 0.444 e. The van der Waals surface area contributed by atoms with Crippen molar-refractivity contribution in [2.75, 3.05) is 13.1 Å². The van der Waals surface area contributed by atoms with E-state index in [1.165, 1.54) is 5.56 Å². The van der Waals surface area contributed by atoms with E-state index in [0.29, 0.717) is 13.1 Å². The second-order valence-electron chi connectivity index (χ2n) is 5.09. The van der Waals surface area contributed by atoms with E-state index in [0.717, 1.165) is 6.54 Å². The summed E-state index contributed by atoms with van der Waals surface area (Å²) in [5, 5.41) is 5.95. The molecule has 1 aromatic rings. The molecule has 2 N–H and O–H groups in total. The molecule has 1 amide bonds. The zero-order chi connectivity index (χ0) is 13.4. The SMILES string of the molecule is CC(C)(C)OC(=O)NCCNCc1ccccc1. The predicted octanol–water partition coefficient (Wildman–Crippen LogP) is 2.30. The molecule has 0 atom stereocenters. The molecule has 4 nitrogen and oxygen atoms in total. The molecule has 0 fully saturated rings. The Kier molecular flexibility index (Phi) is 5.65. The molecule has 18 heavy (non-hydrogen) atoms. The van der Waals surface area contributed by atoms with Gasteiger partial charge in [-0.15, -0.1) is 0 Å². The summed E-state index contributed by atoms with van der Waals surface area (Å²) in [6, 6.07) is 10.1. The first-order valence-corrected chi connectivity index (χ1v) is 6.19. The molecule has 0 saturated carbocycles. The minimum Gasteiger partial charge on any atom is -0.444 e. The normalized spacial score (nSPS) is 11.1. The minimum atomic E-state index is -0.443. The smallest absolute Gasteiger partial charge is 0.407 e. The van der Waals surface area contributed by atoms with Gasteiger partial charge in [0.25, 0.3) is 0 Å². The molecular weight excluding hydrogens is 228 g/mol. The van der Waals surface area contributed by atoms with Crippen molar-refractivity contribution in [1.82, 2.24) is 10.6 Å². The fourth-order valence-corrected chi connectivity index (χ4v) is 1.40. The maximum absolute atomic E-state index is 11.3. The number of benzene rings is 1. The zero-order valence-electron chi connectivity index (χ0n) is 11.3. The third-order valence-corrected chi connectivity index (χ3v) is 2.14. The number of nitrogens with one attached hydrogen (secondary N) is 2. The molecule has 1 rings (SSSR count). The van der Waals surface area contributed by atoms with Gasteiger partial charge in [-0.3, -0.25) is 0 Å². The van der Waals surface area contributed by atoms with Crippen LogP contribution in [0.15, 0.2) is 30.3 Å². The van der Waals surface area contributed by atoms with Crippen LogP contribution in [0.4, 0.5) is 4.79 Å². The lowest BCUT2D eigenvalue weighted by atomic mass is 10.2. The highest BCUT2D eigenvalue weighted by Gasteiger charge is 2.15. The Morgan fingerprint density at radius 1 is 1.17 bits per heavy atom. The Hall–Kier alpha value is -1.55. The standard InChI is InChI=1S/C14H22N2O2/c1-14(2,3)18-13(17)16-10-9-15-11-12-7-5-4-6-8-12/h4-8,15H,9-11H2,1-3H3,(H,16,17). The topological polar surface area (TPSA) is 50.4 Å². The number of hydrogen-bond donors (Lipinski definition) is 2. The molecule has 1 aromatic carbocycles. The summed E-state index contributed by atoms with van der Waals surface area (Å²) < 4.78 is 5.12. The van der Waals surface area contributed by atoms with E-state index < -0.39 is 5.60 Å². The summed E-state index contributed by atoms with van der Waals surface area (Å²) in [4.78, 5) is 11.3. The predicted molar refractivity (Wildman–Crippen MR) is 72.4 cm³/mol. The zero-order valence-corrected chi connectivity index (χ0v) is 11.3. The fourth-order valence-electron chi connectivity index (χ4n) is 1.40. The van der Waals surface area contributed by atoms with E-state index in [2.05, 4.69) is 22.8 Å². The van der Waals surface area contributed by atoms with E-state index in [9.17, 15) is 4.79 Å². The third kappa shape index (κ3) is 6.91. The summed E-state index contributed by atoms with van der Waals surface area (Å²) >= 11 is 0. The summed E-state index contributed by atoms with van der Waals surface area (Å²) in [5.74, 6) is 0. The monoisotopic (exact) mass is 250 g/mol. The van der Waals surface area contributed by atoms with Crippen molar-refractivity contribution < 1.29 is 9.53 Å². The van der Waals surface area contributed by atoms with Crippen molar-refractivity contribution in [3.63, 3.8) is 0 Å². The maximum Gasteiger partial charge on any atom is 0.407 e. The van der Waals surface area contributed by atoms with E-state index in [1.807, 2.05) is 39.0 Å². The average molecular weight is 250 g/mol. The molecule has 4 heteroatoms. The number of hydrogen-bond acceptors (Lipinski definition) is 3. The Labute approximate surface area is 109 Å². The van der Waals surface area contributed by atoms with E-state index in [-0.39, 0.29) is 6.09 Å². The first kappa shape index (κ1) is 14.5. The average Bonchev–Trinajstić information content (AvgIpc) is 2.27.